The third kappa shape index (κ3) is 7.13. The molecule has 33 heavy (non-hydrogen) atoms. The summed E-state index contributed by atoms with van der Waals surface area (Å²) in [4.78, 5) is 28.2. The third-order valence-electron chi connectivity index (χ3n) is 5.38. The number of rotatable bonds is 8. The quantitative estimate of drug-likeness (QED) is 0.601. The Morgan fingerprint density at radius 1 is 1.03 bits per heavy atom. The highest BCUT2D eigenvalue weighted by Crippen LogP contribution is 2.31. The van der Waals surface area contributed by atoms with Crippen molar-refractivity contribution in [1.82, 2.24) is 10.2 Å². The van der Waals surface area contributed by atoms with E-state index in [0.29, 0.717) is 43.4 Å². The molecule has 0 saturated carbocycles. The zero-order chi connectivity index (χ0) is 24.0. The van der Waals surface area contributed by atoms with Gasteiger partial charge in [-0.1, -0.05) is 36.7 Å². The number of carbonyl (C=O) groups excluding carboxylic acids is 2. The fourth-order valence-electron chi connectivity index (χ4n) is 3.80. The standard InChI is InChI=1S/C26H33ClN2O4/c1-5-21(25(31)28-26(2,3)4)29(17-19-6-10-20(27)11-7-19)24(30)13-9-18-8-12-22-23(16-18)33-15-14-32-22/h6-8,10-12,16,21H,5,9,13-15,17H2,1-4H3,(H,28,31)/t21-/m1/s1. The van der Waals surface area contributed by atoms with Gasteiger partial charge in [-0.25, -0.2) is 0 Å². The van der Waals surface area contributed by atoms with Crippen LogP contribution in [-0.2, 0) is 22.6 Å². The maximum absolute atomic E-state index is 13.4. The molecule has 178 valence electrons. The predicted octanol–water partition coefficient (Wildman–Crippen LogP) is 4.77. The summed E-state index contributed by atoms with van der Waals surface area (Å²) in [5.74, 6) is 1.22. The van der Waals surface area contributed by atoms with Crippen molar-refractivity contribution >= 4 is 23.4 Å². The zero-order valence-electron chi connectivity index (χ0n) is 19.8. The highest BCUT2D eigenvalue weighted by atomic mass is 35.5. The number of hydrogen-bond donors (Lipinski definition) is 1. The van der Waals surface area contributed by atoms with Crippen LogP contribution >= 0.6 is 11.6 Å². The Kier molecular flexibility index (Phi) is 8.25. The van der Waals surface area contributed by atoms with Gasteiger partial charge in [0.1, 0.15) is 19.3 Å². The lowest BCUT2D eigenvalue weighted by molar-refractivity contribution is -0.142. The molecule has 3 rings (SSSR count). The molecule has 6 nitrogen and oxygen atoms in total. The summed E-state index contributed by atoms with van der Waals surface area (Å²) in [6, 6.07) is 12.6. The Bertz CT molecular complexity index is 969. The van der Waals surface area contributed by atoms with Crippen molar-refractivity contribution < 1.29 is 19.1 Å². The fourth-order valence-corrected chi connectivity index (χ4v) is 3.92. The molecule has 0 radical (unpaired) electrons. The van der Waals surface area contributed by atoms with E-state index in [2.05, 4.69) is 5.32 Å². The summed E-state index contributed by atoms with van der Waals surface area (Å²) < 4.78 is 11.2. The molecule has 1 aliphatic rings. The second-order valence-corrected chi connectivity index (χ2v) is 9.73. The van der Waals surface area contributed by atoms with Gasteiger partial charge in [-0.3, -0.25) is 9.59 Å². The maximum atomic E-state index is 13.4. The first-order valence-electron chi connectivity index (χ1n) is 11.4. The molecular weight excluding hydrogens is 440 g/mol. The minimum Gasteiger partial charge on any atom is -0.486 e. The van der Waals surface area contributed by atoms with Crippen LogP contribution in [-0.4, -0.2) is 41.5 Å². The number of benzene rings is 2. The molecule has 0 bridgehead atoms. The summed E-state index contributed by atoms with van der Waals surface area (Å²) in [7, 11) is 0. The molecule has 0 saturated heterocycles. The lowest BCUT2D eigenvalue weighted by Gasteiger charge is -2.33. The molecule has 0 unspecified atom stereocenters. The number of amides is 2. The van der Waals surface area contributed by atoms with Crippen LogP contribution < -0.4 is 14.8 Å². The minimum atomic E-state index is -0.562. The number of aryl methyl sites for hydroxylation is 1. The average Bonchev–Trinajstić information content (AvgIpc) is 2.77. The Morgan fingerprint density at radius 3 is 2.30 bits per heavy atom. The van der Waals surface area contributed by atoms with Crippen LogP contribution in [0.2, 0.25) is 5.02 Å². The highest BCUT2D eigenvalue weighted by Gasteiger charge is 2.30. The summed E-state index contributed by atoms with van der Waals surface area (Å²) in [5.41, 5.74) is 1.53. The van der Waals surface area contributed by atoms with E-state index in [1.54, 1.807) is 17.0 Å². The van der Waals surface area contributed by atoms with Gasteiger partial charge in [-0.2, -0.15) is 0 Å². The molecule has 0 spiro atoms. The number of halogens is 1. The topological polar surface area (TPSA) is 67.9 Å². The van der Waals surface area contributed by atoms with Crippen molar-refractivity contribution in [3.05, 3.63) is 58.6 Å². The molecule has 1 aliphatic heterocycles. The SMILES string of the molecule is CC[C@H](C(=O)NC(C)(C)C)N(Cc1ccc(Cl)cc1)C(=O)CCc1ccc2c(c1)OCCO2. The Hall–Kier alpha value is -2.73. The Balaban J connectivity index is 1.77. The first kappa shape index (κ1) is 24.9. The average molecular weight is 473 g/mol. The molecule has 0 aliphatic carbocycles. The first-order chi connectivity index (χ1) is 15.7. The smallest absolute Gasteiger partial charge is 0.243 e. The zero-order valence-corrected chi connectivity index (χ0v) is 20.6. The van der Waals surface area contributed by atoms with Crippen molar-refractivity contribution in [2.24, 2.45) is 0 Å². The number of carbonyl (C=O) groups is 2. The monoisotopic (exact) mass is 472 g/mol. The molecule has 0 aromatic heterocycles. The minimum absolute atomic E-state index is 0.0734. The van der Waals surface area contributed by atoms with Gasteiger partial charge in [-0.15, -0.1) is 0 Å². The Labute approximate surface area is 201 Å². The lowest BCUT2D eigenvalue weighted by Crippen LogP contribution is -2.53. The van der Waals surface area contributed by atoms with Crippen molar-refractivity contribution in [3.63, 3.8) is 0 Å². The molecule has 7 heteroatoms. The predicted molar refractivity (Wildman–Crippen MR) is 130 cm³/mol. The van der Waals surface area contributed by atoms with Gasteiger partial charge >= 0.3 is 0 Å². The normalized spacial score (nSPS) is 13.8. The number of nitrogens with one attached hydrogen (secondary N) is 1. The van der Waals surface area contributed by atoms with Crippen LogP contribution in [0, 0.1) is 0 Å². The molecule has 1 heterocycles. The van der Waals surface area contributed by atoms with Crippen LogP contribution in [0.25, 0.3) is 0 Å². The molecule has 2 amide bonds. The van der Waals surface area contributed by atoms with E-state index in [9.17, 15) is 9.59 Å². The molecule has 2 aromatic rings. The van der Waals surface area contributed by atoms with E-state index in [1.807, 2.05) is 58.0 Å². The maximum Gasteiger partial charge on any atom is 0.243 e. The Morgan fingerprint density at radius 2 is 1.67 bits per heavy atom. The van der Waals surface area contributed by atoms with Gasteiger partial charge in [0, 0.05) is 23.5 Å². The second kappa shape index (κ2) is 10.9. The van der Waals surface area contributed by atoms with Gasteiger partial charge in [-0.05, 0) is 69.0 Å². The van der Waals surface area contributed by atoms with Gasteiger partial charge in [0.25, 0.3) is 0 Å². The van der Waals surface area contributed by atoms with Crippen LogP contribution in [0.4, 0.5) is 0 Å². The molecule has 1 atom stereocenters. The van der Waals surface area contributed by atoms with Crippen molar-refractivity contribution in [2.45, 2.75) is 65.1 Å². The van der Waals surface area contributed by atoms with E-state index in [-0.39, 0.29) is 23.8 Å². The molecule has 0 fully saturated rings. The summed E-state index contributed by atoms with van der Waals surface area (Å²) in [5, 5.41) is 3.66. The summed E-state index contributed by atoms with van der Waals surface area (Å²) in [6.07, 6.45) is 1.35. The summed E-state index contributed by atoms with van der Waals surface area (Å²) >= 11 is 6.03. The van der Waals surface area contributed by atoms with Crippen LogP contribution in [0.3, 0.4) is 0 Å². The summed E-state index contributed by atoms with van der Waals surface area (Å²) in [6.45, 7) is 9.13. The van der Waals surface area contributed by atoms with Crippen molar-refractivity contribution in [3.8, 4) is 11.5 Å². The van der Waals surface area contributed by atoms with Crippen molar-refractivity contribution in [1.29, 1.82) is 0 Å². The van der Waals surface area contributed by atoms with Gasteiger partial charge < -0.3 is 19.7 Å². The molecule has 2 aromatic carbocycles. The number of hydrogen-bond acceptors (Lipinski definition) is 4. The lowest BCUT2D eigenvalue weighted by atomic mass is 10.0. The largest absolute Gasteiger partial charge is 0.486 e. The number of ether oxygens (including phenoxy) is 2. The molecule has 1 N–H and O–H groups in total. The van der Waals surface area contributed by atoms with E-state index in [4.69, 9.17) is 21.1 Å². The van der Waals surface area contributed by atoms with E-state index in [0.717, 1.165) is 16.9 Å². The fraction of sp³-hybridized carbons (Fsp3) is 0.462. The second-order valence-electron chi connectivity index (χ2n) is 9.29. The number of fused-ring (bicyclic) bond motifs is 1. The molecular formula is C26H33ClN2O4. The third-order valence-corrected chi connectivity index (χ3v) is 5.64. The van der Waals surface area contributed by atoms with E-state index < -0.39 is 6.04 Å². The highest BCUT2D eigenvalue weighted by molar-refractivity contribution is 6.30. The van der Waals surface area contributed by atoms with Crippen LogP contribution in [0.5, 0.6) is 11.5 Å². The first-order valence-corrected chi connectivity index (χ1v) is 11.8. The van der Waals surface area contributed by atoms with E-state index >= 15 is 0 Å². The van der Waals surface area contributed by atoms with Gasteiger partial charge in [0.15, 0.2) is 11.5 Å². The van der Waals surface area contributed by atoms with Crippen LogP contribution in [0.1, 0.15) is 51.7 Å². The van der Waals surface area contributed by atoms with Crippen molar-refractivity contribution in [2.75, 3.05) is 13.2 Å². The number of nitrogens with zero attached hydrogens (tertiary/aromatic N) is 1. The van der Waals surface area contributed by atoms with Crippen LogP contribution in [0.15, 0.2) is 42.5 Å². The van der Waals surface area contributed by atoms with E-state index in [1.165, 1.54) is 0 Å². The van der Waals surface area contributed by atoms with Gasteiger partial charge in [0.05, 0.1) is 0 Å². The van der Waals surface area contributed by atoms with Gasteiger partial charge in [0.2, 0.25) is 11.8 Å².